The zero-order valence-corrected chi connectivity index (χ0v) is 12.7. The Hall–Kier alpha value is -3.22. The van der Waals surface area contributed by atoms with Crippen LogP contribution >= 0.6 is 0 Å². The van der Waals surface area contributed by atoms with Crippen molar-refractivity contribution in [3.05, 3.63) is 60.1 Å². The summed E-state index contributed by atoms with van der Waals surface area (Å²) in [6, 6.07) is 11.1. The number of amides is 1. The molecule has 2 aromatic heterocycles. The Labute approximate surface area is 133 Å². The first kappa shape index (κ1) is 14.7. The third kappa shape index (κ3) is 3.34. The Bertz CT molecular complexity index is 799. The molecular formula is C16H15N5O2. The van der Waals surface area contributed by atoms with E-state index in [0.29, 0.717) is 23.1 Å². The molecule has 1 amide bonds. The molecule has 0 aliphatic carbocycles. The quantitative estimate of drug-likeness (QED) is 0.797. The zero-order chi connectivity index (χ0) is 16.2. The number of carbonyl (C=O) groups excluding carboxylic acids is 1. The third-order valence-electron chi connectivity index (χ3n) is 3.21. The first-order chi connectivity index (χ1) is 11.1. The molecule has 7 nitrogen and oxygen atoms in total. The largest absolute Gasteiger partial charge is 0.360 e. The first-order valence-electron chi connectivity index (χ1n) is 6.99. The van der Waals surface area contributed by atoms with Gasteiger partial charge in [-0.25, -0.2) is 9.97 Å². The molecule has 3 aromatic rings. The van der Waals surface area contributed by atoms with Gasteiger partial charge in [0.2, 0.25) is 5.95 Å². The molecule has 2 heterocycles. The summed E-state index contributed by atoms with van der Waals surface area (Å²) in [5, 5.41) is 6.70. The number of para-hydroxylation sites is 1. The number of hydrogen-bond acceptors (Lipinski definition) is 6. The second-order valence-corrected chi connectivity index (χ2v) is 4.94. The number of anilines is 3. The van der Waals surface area contributed by atoms with E-state index in [1.165, 1.54) is 12.4 Å². The molecule has 1 aromatic carbocycles. The molecule has 0 saturated heterocycles. The maximum atomic E-state index is 12.4. The fraction of sp³-hybridized carbons (Fsp3) is 0.125. The van der Waals surface area contributed by atoms with E-state index in [1.54, 1.807) is 24.9 Å². The molecule has 7 heteroatoms. The topological polar surface area (TPSA) is 84.2 Å². The van der Waals surface area contributed by atoms with Gasteiger partial charge in [-0.3, -0.25) is 4.79 Å². The summed E-state index contributed by atoms with van der Waals surface area (Å²) in [4.78, 5) is 22.2. The smallest absolute Gasteiger partial charge is 0.261 e. The van der Waals surface area contributed by atoms with Crippen molar-refractivity contribution in [3.8, 4) is 0 Å². The maximum absolute atomic E-state index is 12.4. The van der Waals surface area contributed by atoms with Gasteiger partial charge < -0.3 is 14.7 Å². The predicted molar refractivity (Wildman–Crippen MR) is 85.7 cm³/mol. The Morgan fingerprint density at radius 3 is 2.48 bits per heavy atom. The van der Waals surface area contributed by atoms with Crippen LogP contribution in [0.1, 0.15) is 16.1 Å². The molecule has 0 atom stereocenters. The molecule has 0 aliphatic rings. The SMILES string of the molecule is Cc1cc(Nc2ncc(C(=O)N(C)c3ccccc3)cn2)no1. The third-order valence-corrected chi connectivity index (χ3v) is 3.21. The van der Waals surface area contributed by atoms with Gasteiger partial charge in [-0.05, 0) is 19.1 Å². The highest BCUT2D eigenvalue weighted by Gasteiger charge is 2.14. The molecule has 0 saturated carbocycles. The van der Waals surface area contributed by atoms with Crippen LogP contribution in [0, 0.1) is 6.92 Å². The van der Waals surface area contributed by atoms with E-state index in [2.05, 4.69) is 20.4 Å². The lowest BCUT2D eigenvalue weighted by Gasteiger charge is -2.16. The van der Waals surface area contributed by atoms with Crippen LogP contribution in [0.2, 0.25) is 0 Å². The van der Waals surface area contributed by atoms with Crippen LogP contribution in [-0.2, 0) is 0 Å². The van der Waals surface area contributed by atoms with Gasteiger partial charge in [-0.1, -0.05) is 23.4 Å². The lowest BCUT2D eigenvalue weighted by molar-refractivity contribution is 0.0992. The van der Waals surface area contributed by atoms with Crippen molar-refractivity contribution in [2.45, 2.75) is 6.92 Å². The van der Waals surface area contributed by atoms with Crippen LogP contribution in [0.15, 0.2) is 53.3 Å². The van der Waals surface area contributed by atoms with Crippen molar-refractivity contribution in [1.82, 2.24) is 15.1 Å². The Kier molecular flexibility index (Phi) is 4.01. The van der Waals surface area contributed by atoms with Gasteiger partial charge in [0.1, 0.15) is 5.76 Å². The minimum atomic E-state index is -0.181. The van der Waals surface area contributed by atoms with Gasteiger partial charge in [0.15, 0.2) is 5.82 Å². The van der Waals surface area contributed by atoms with E-state index in [9.17, 15) is 4.79 Å². The summed E-state index contributed by atoms with van der Waals surface area (Å²) in [6.07, 6.45) is 2.95. The molecule has 0 fully saturated rings. The molecule has 0 bridgehead atoms. The summed E-state index contributed by atoms with van der Waals surface area (Å²) in [6.45, 7) is 1.79. The number of nitrogens with one attached hydrogen (secondary N) is 1. The predicted octanol–water partition coefficient (Wildman–Crippen LogP) is 2.79. The molecule has 23 heavy (non-hydrogen) atoms. The highest BCUT2D eigenvalue weighted by molar-refractivity contribution is 6.05. The molecule has 0 spiro atoms. The monoisotopic (exact) mass is 309 g/mol. The van der Waals surface area contributed by atoms with Crippen molar-refractivity contribution < 1.29 is 9.32 Å². The fourth-order valence-corrected chi connectivity index (χ4v) is 2.01. The van der Waals surface area contributed by atoms with Crippen molar-refractivity contribution in [2.24, 2.45) is 0 Å². The average molecular weight is 309 g/mol. The normalized spacial score (nSPS) is 10.3. The van der Waals surface area contributed by atoms with Crippen LogP contribution in [0.5, 0.6) is 0 Å². The van der Waals surface area contributed by atoms with E-state index in [0.717, 1.165) is 5.69 Å². The number of benzene rings is 1. The summed E-state index contributed by atoms with van der Waals surface area (Å²) >= 11 is 0. The van der Waals surface area contributed by atoms with E-state index in [4.69, 9.17) is 4.52 Å². The minimum absolute atomic E-state index is 0.181. The van der Waals surface area contributed by atoms with Crippen molar-refractivity contribution in [2.75, 3.05) is 17.3 Å². The number of nitrogens with zero attached hydrogens (tertiary/aromatic N) is 4. The highest BCUT2D eigenvalue weighted by Crippen LogP contribution is 2.15. The van der Waals surface area contributed by atoms with E-state index >= 15 is 0 Å². The Morgan fingerprint density at radius 1 is 1.17 bits per heavy atom. The first-order valence-corrected chi connectivity index (χ1v) is 6.99. The lowest BCUT2D eigenvalue weighted by atomic mass is 10.2. The average Bonchev–Trinajstić information content (AvgIpc) is 3.00. The summed E-state index contributed by atoms with van der Waals surface area (Å²) in [5.41, 5.74) is 1.20. The van der Waals surface area contributed by atoms with Crippen LogP contribution in [-0.4, -0.2) is 28.1 Å². The van der Waals surface area contributed by atoms with Crippen molar-refractivity contribution in [3.63, 3.8) is 0 Å². The molecule has 116 valence electrons. The minimum Gasteiger partial charge on any atom is -0.360 e. The molecule has 0 radical (unpaired) electrons. The Morgan fingerprint density at radius 2 is 1.87 bits per heavy atom. The van der Waals surface area contributed by atoms with Crippen LogP contribution < -0.4 is 10.2 Å². The number of hydrogen-bond donors (Lipinski definition) is 1. The Balaban J connectivity index is 1.72. The molecular weight excluding hydrogens is 294 g/mol. The van der Waals surface area contributed by atoms with Gasteiger partial charge in [-0.2, -0.15) is 0 Å². The number of aromatic nitrogens is 3. The van der Waals surface area contributed by atoms with Crippen LogP contribution in [0.25, 0.3) is 0 Å². The van der Waals surface area contributed by atoms with E-state index in [1.807, 2.05) is 30.3 Å². The second kappa shape index (κ2) is 6.27. The number of carbonyl (C=O) groups is 1. The zero-order valence-electron chi connectivity index (χ0n) is 12.7. The molecule has 0 unspecified atom stereocenters. The standard InChI is InChI=1S/C16H15N5O2/c1-11-8-14(20-23-11)19-16-17-9-12(10-18-16)15(22)21(2)13-6-4-3-5-7-13/h3-10H,1-2H3,(H,17,18,19,20). The summed E-state index contributed by atoms with van der Waals surface area (Å²) < 4.78 is 4.95. The van der Waals surface area contributed by atoms with Crippen molar-refractivity contribution >= 4 is 23.4 Å². The fourth-order valence-electron chi connectivity index (χ4n) is 2.01. The van der Waals surface area contributed by atoms with Gasteiger partial charge in [0.05, 0.1) is 5.56 Å². The van der Waals surface area contributed by atoms with Gasteiger partial charge in [0, 0.05) is 31.2 Å². The second-order valence-electron chi connectivity index (χ2n) is 4.94. The molecule has 3 rings (SSSR count). The number of aryl methyl sites for hydroxylation is 1. The summed E-state index contributed by atoms with van der Waals surface area (Å²) in [5.74, 6) is 1.36. The summed E-state index contributed by atoms with van der Waals surface area (Å²) in [7, 11) is 1.71. The number of rotatable bonds is 4. The van der Waals surface area contributed by atoms with E-state index in [-0.39, 0.29) is 5.91 Å². The molecule has 0 aliphatic heterocycles. The van der Waals surface area contributed by atoms with Gasteiger partial charge in [0.25, 0.3) is 5.91 Å². The van der Waals surface area contributed by atoms with Crippen molar-refractivity contribution in [1.29, 1.82) is 0 Å². The maximum Gasteiger partial charge on any atom is 0.261 e. The van der Waals surface area contributed by atoms with E-state index < -0.39 is 0 Å². The van der Waals surface area contributed by atoms with Gasteiger partial charge in [-0.15, -0.1) is 0 Å². The lowest BCUT2D eigenvalue weighted by Crippen LogP contribution is -2.26. The van der Waals surface area contributed by atoms with Crippen LogP contribution in [0.4, 0.5) is 17.5 Å². The van der Waals surface area contributed by atoms with Crippen LogP contribution in [0.3, 0.4) is 0 Å². The van der Waals surface area contributed by atoms with Gasteiger partial charge >= 0.3 is 0 Å². The highest BCUT2D eigenvalue weighted by atomic mass is 16.5. The molecule has 1 N–H and O–H groups in total.